The first-order valence-corrected chi connectivity index (χ1v) is 64.3. The van der Waals surface area contributed by atoms with Crippen molar-refractivity contribution >= 4 is 209 Å². The van der Waals surface area contributed by atoms with Crippen molar-refractivity contribution in [2.75, 3.05) is 9.44 Å². The molecule has 0 saturated carbocycles. The van der Waals surface area contributed by atoms with Gasteiger partial charge in [0.25, 0.3) is 20.0 Å². The number of hydrogen-bond acceptors (Lipinski definition) is 12. The zero-order valence-corrected chi connectivity index (χ0v) is 96.8. The molecule has 726 valence electrons. The summed E-state index contributed by atoms with van der Waals surface area (Å²) in [5, 5.41) is 38.7. The molecule has 0 spiro atoms. The summed E-state index contributed by atoms with van der Waals surface area (Å²) in [4.78, 5) is 8.26. The number of hydrogen-bond donors (Lipinski definition) is 2. The van der Waals surface area contributed by atoms with Crippen LogP contribution in [0.5, 0.6) is 0 Å². The van der Waals surface area contributed by atoms with Gasteiger partial charge in [-0.05, 0) is 220 Å². The molecule has 0 aliphatic carbocycles. The molecule has 16 aromatic carbocycles. The zero-order chi connectivity index (χ0) is 101. The van der Waals surface area contributed by atoms with Crippen LogP contribution in [0.15, 0.2) is 482 Å². The van der Waals surface area contributed by atoms with Crippen LogP contribution in [0, 0.1) is 23.1 Å². The van der Waals surface area contributed by atoms with Crippen LogP contribution in [0.1, 0.15) is 64.1 Å². The number of thiazole rings is 2. The van der Waals surface area contributed by atoms with E-state index in [4.69, 9.17) is 23.2 Å². The number of halogens is 4. The van der Waals surface area contributed by atoms with Crippen molar-refractivity contribution in [3.63, 3.8) is 0 Å². The van der Waals surface area contributed by atoms with Crippen LogP contribution in [0.4, 0.5) is 11.4 Å². The third kappa shape index (κ3) is 32.2. The Labute approximate surface area is 914 Å². The fraction of sp³-hybridized carbons (Fsp3) is 0.0862. The molecule has 0 atom stereocenters. The molecule has 0 unspecified atom stereocenters. The summed E-state index contributed by atoms with van der Waals surface area (Å²) in [6, 6.07) is 153. The maximum atomic E-state index is 13.1. The van der Waals surface area contributed by atoms with Crippen molar-refractivity contribution in [2.24, 2.45) is 0 Å². The Morgan fingerprint density at radius 3 is 0.799 bits per heavy atom. The van der Waals surface area contributed by atoms with Crippen molar-refractivity contribution in [3.8, 4) is 22.1 Å². The smallest absolute Gasteiger partial charge is 0.0134 e. The van der Waals surface area contributed by atoms with E-state index in [1.165, 1.54) is 103 Å². The molecule has 144 heavy (non-hydrogen) atoms. The summed E-state index contributed by atoms with van der Waals surface area (Å²) in [7, 11) is -9.40. The molecule has 0 amide bonds. The summed E-state index contributed by atoms with van der Waals surface area (Å²) < 4.78 is 61.2. The Morgan fingerprint density at radius 1 is 0.347 bits per heavy atom. The molecule has 0 bridgehead atoms. The molecule has 0 aliphatic rings. The van der Waals surface area contributed by atoms with Crippen LogP contribution in [-0.2, 0) is 67.6 Å². The first-order valence-electron chi connectivity index (χ1n) is 45.4. The second-order valence-electron chi connectivity index (χ2n) is 33.7. The predicted octanol–water partition coefficient (Wildman–Crippen LogP) is 25.9. The summed E-state index contributed by atoms with van der Waals surface area (Å²) in [6.07, 6.45) is 3.41. The standard InChI is InChI=1S/C22H22ClN5O2S2.C19H20ClIN4O2S.4C18H15P.C3H2NS.BrH.Pd.Zn/c1-14-20(21-24-11-12-31-21)25-27-28(14)19-13-16(23)7-10-18(19)26-32(29,30)17-8-5-15(6-9-17)22(2,3)4;1-12-18(21)22-24-25(12)17-11-14(20)7-10-16(17)23-28(26,27)15-8-5-13(6-9-15)19(2,3)4;4*1-4-10-16(11-5-1)19(17-12-6-2-7-13-17)18-14-8-3-9-15-18;1-2-5-3-4-1;;;/h5-13,26H,1-4H3;5-11,23H,1-4H3;4*1-15H;1-2H;1H;;/q;;;;;;-1;;;+2/p-1. The number of nitrogens with zero attached hydrogens (tertiary/aromatic N) is 8. The molecule has 20 aromatic rings. The van der Waals surface area contributed by atoms with Gasteiger partial charge in [-0.25, -0.2) is 31.2 Å². The van der Waals surface area contributed by atoms with Gasteiger partial charge in [0.05, 0.1) is 43.9 Å². The summed E-state index contributed by atoms with van der Waals surface area (Å²) >= 11 is 21.6. The largest absolute Gasteiger partial charge is 0.394 e. The summed E-state index contributed by atoms with van der Waals surface area (Å²) in [5.41, 5.74) is 8.47. The molecule has 4 aromatic heterocycles. The Bertz CT molecular complexity index is 6590. The molecule has 0 aliphatic heterocycles. The van der Waals surface area contributed by atoms with Gasteiger partial charge in [-0.15, -0.1) is 33.1 Å². The molecule has 0 radical (unpaired) electrons. The van der Waals surface area contributed by atoms with Gasteiger partial charge in [-0.2, -0.15) is 0 Å². The molecular weight excluding hydrogens is 2300 g/mol. The monoisotopic (exact) mass is 2400 g/mol. The molecule has 0 saturated heterocycles. The van der Waals surface area contributed by atoms with E-state index in [0.717, 1.165) is 31.2 Å². The topological polar surface area (TPSA) is 180 Å². The molecular formula is C116H104BrCl2IN10O4P4PdS4Zn. The van der Waals surface area contributed by atoms with Crippen LogP contribution in [0.3, 0.4) is 0 Å². The maximum absolute atomic E-state index is 13.1. The quantitative estimate of drug-likeness (QED) is 0.0304. The average molecular weight is 2400 g/mol. The van der Waals surface area contributed by atoms with Crippen molar-refractivity contribution in [3.05, 3.63) is 514 Å². The van der Waals surface area contributed by atoms with E-state index in [1.807, 2.05) is 48.9 Å². The first-order chi connectivity index (χ1) is 69.3. The van der Waals surface area contributed by atoms with Crippen LogP contribution in [0.2, 0.25) is 10.0 Å². The van der Waals surface area contributed by atoms with E-state index in [2.05, 4.69) is 487 Å². The van der Waals surface area contributed by atoms with Gasteiger partial charge < -0.3 is 4.98 Å². The summed E-state index contributed by atoms with van der Waals surface area (Å²) in [5.74, 6) is 0. The fourth-order valence-electron chi connectivity index (χ4n) is 14.7. The van der Waals surface area contributed by atoms with Crippen molar-refractivity contribution < 1.29 is 53.6 Å². The van der Waals surface area contributed by atoms with Crippen LogP contribution in [-0.4, -0.2) is 56.8 Å². The number of benzene rings is 16. The van der Waals surface area contributed by atoms with Gasteiger partial charge in [-0.3, -0.25) is 20.8 Å². The van der Waals surface area contributed by atoms with E-state index >= 15 is 0 Å². The third-order valence-electron chi connectivity index (χ3n) is 21.8. The molecule has 20 rings (SSSR count). The van der Waals surface area contributed by atoms with E-state index in [1.54, 1.807) is 82.4 Å². The van der Waals surface area contributed by atoms with Gasteiger partial charge in [0.2, 0.25) is 0 Å². The minimum atomic E-state index is -3.83. The zero-order valence-electron chi connectivity index (χ0n) is 80.2. The molecule has 0 fully saturated rings. The molecule has 28 heteroatoms. The Morgan fingerprint density at radius 2 is 0.597 bits per heavy atom. The van der Waals surface area contributed by atoms with Gasteiger partial charge in [0.1, 0.15) is 14.4 Å². The molecule has 2 N–H and O–H groups in total. The fourth-order valence-corrected chi connectivity index (χ4v) is 27.7. The SMILES string of the molecule is Cc1c(-c2nccs2)nnn1-c1cc(Cl)ccc1NS(=O)(=O)c1ccc(C(C)(C)C)cc1.Cc1c(I)nnn1-c1cc(Cl)ccc1NS(=O)(=O)c1ccc(C(C)(C)C)cc1.[Pd].[Zn+][Br].[c-]1nccs1.c1ccc(P(c2ccccc2)c2ccccc2)cc1.c1ccc(P(c2ccccc2)c2ccccc2)cc1.c1ccc(P(c2ccccc2)c2ccccc2)cc1.c1ccc(P(c2ccccc2)c2ccccc2)cc1. The number of rotatable bonds is 21. The van der Waals surface area contributed by atoms with E-state index < -0.39 is 51.7 Å². The van der Waals surface area contributed by atoms with E-state index in [0.29, 0.717) is 38.5 Å². The number of nitrogens with one attached hydrogen (secondary N) is 2. The van der Waals surface area contributed by atoms with Gasteiger partial charge in [0.15, 0.2) is 0 Å². The van der Waals surface area contributed by atoms with Crippen molar-refractivity contribution in [1.29, 1.82) is 0 Å². The Kier molecular flexibility index (Phi) is 43.9. The van der Waals surface area contributed by atoms with E-state index in [9.17, 15) is 16.8 Å². The first kappa shape index (κ1) is 112. The number of sulfonamides is 2. The minimum Gasteiger partial charge on any atom is -0.394 e. The van der Waals surface area contributed by atoms with Gasteiger partial charge >= 0.3 is 30.0 Å². The third-order valence-corrected chi connectivity index (χ3v) is 37.0. The van der Waals surface area contributed by atoms with E-state index in [-0.39, 0.29) is 41.0 Å². The minimum absolute atomic E-state index is 0. The molecule has 4 heterocycles. The van der Waals surface area contributed by atoms with Gasteiger partial charge in [0, 0.05) is 42.0 Å². The Balaban J connectivity index is 0.000000153. The summed E-state index contributed by atoms with van der Waals surface area (Å²) in [6.45, 7) is 16.2. The normalized spacial score (nSPS) is 11.0. The molecule has 14 nitrogen and oxygen atoms in total. The number of anilines is 2. The van der Waals surface area contributed by atoms with Gasteiger partial charge in [-0.1, -0.05) is 463 Å². The van der Waals surface area contributed by atoms with Crippen molar-refractivity contribution in [2.45, 2.75) is 76.0 Å². The second kappa shape index (κ2) is 56.3. The van der Waals surface area contributed by atoms with Crippen LogP contribution in [0.25, 0.3) is 22.1 Å². The average Bonchev–Trinajstić information content (AvgIpc) is 1.53. The Hall–Kier alpha value is -10.6. The van der Waals surface area contributed by atoms with Crippen LogP contribution >= 0.6 is 114 Å². The van der Waals surface area contributed by atoms with Crippen LogP contribution < -0.4 is 73.1 Å². The second-order valence-corrected chi connectivity index (χ2v) is 49.4. The predicted molar refractivity (Wildman–Crippen MR) is 618 cm³/mol. The van der Waals surface area contributed by atoms with Crippen molar-refractivity contribution in [1.82, 2.24) is 40.0 Å². The number of aromatic nitrogens is 8. The maximum Gasteiger partial charge on any atom is -0.0134 e.